The minimum absolute atomic E-state index is 0.134. The number of nitrogens with two attached hydrogens (primary N) is 1. The average molecular weight is 418 g/mol. The second-order valence-electron chi connectivity index (χ2n) is 8.22. The lowest BCUT2D eigenvalue weighted by atomic mass is 9.88. The Hall–Kier alpha value is -3.48. The second-order valence-corrected chi connectivity index (χ2v) is 8.22. The van der Waals surface area contributed by atoms with Crippen LogP contribution in [-0.2, 0) is 9.59 Å². The molecule has 0 saturated heterocycles. The number of hydrogen-bond acceptors (Lipinski definition) is 4. The van der Waals surface area contributed by atoms with Crippen molar-refractivity contribution < 1.29 is 14.4 Å². The Morgan fingerprint density at radius 1 is 1.06 bits per heavy atom. The van der Waals surface area contributed by atoms with E-state index in [1.54, 1.807) is 29.2 Å². The molecule has 0 aromatic heterocycles. The molecular formula is C24H26N4O3. The van der Waals surface area contributed by atoms with Crippen molar-refractivity contribution >= 4 is 29.1 Å². The van der Waals surface area contributed by atoms with Gasteiger partial charge in [-0.1, -0.05) is 48.4 Å². The number of nitrogens with one attached hydrogen (secondary N) is 1. The summed E-state index contributed by atoms with van der Waals surface area (Å²) in [4.78, 5) is 44.4. The number of primary amides is 1. The lowest BCUT2D eigenvalue weighted by Crippen LogP contribution is -2.51. The Bertz CT molecular complexity index is 1050. The zero-order valence-corrected chi connectivity index (χ0v) is 17.6. The van der Waals surface area contributed by atoms with Crippen LogP contribution in [0.25, 0.3) is 0 Å². The van der Waals surface area contributed by atoms with E-state index in [9.17, 15) is 14.4 Å². The molecule has 7 heteroatoms. The number of aryl methyl sites for hydroxylation is 1. The fraction of sp³-hybridized carbons (Fsp3) is 0.333. The number of amides is 3. The number of benzene rings is 2. The first-order valence-corrected chi connectivity index (χ1v) is 10.6. The van der Waals surface area contributed by atoms with Gasteiger partial charge >= 0.3 is 0 Å². The van der Waals surface area contributed by atoms with E-state index < -0.39 is 11.6 Å². The zero-order chi connectivity index (χ0) is 22.0. The van der Waals surface area contributed by atoms with Crippen molar-refractivity contribution in [3.8, 4) is 0 Å². The smallest absolute Gasteiger partial charge is 0.275 e. The van der Waals surface area contributed by atoms with Gasteiger partial charge in [0.25, 0.3) is 11.8 Å². The number of rotatable bonds is 5. The van der Waals surface area contributed by atoms with Crippen LogP contribution in [0.2, 0.25) is 0 Å². The van der Waals surface area contributed by atoms with E-state index in [4.69, 9.17) is 10.7 Å². The van der Waals surface area contributed by atoms with Crippen LogP contribution < -0.4 is 11.1 Å². The summed E-state index contributed by atoms with van der Waals surface area (Å²) in [6.45, 7) is 1.86. The van der Waals surface area contributed by atoms with Crippen LogP contribution in [-0.4, -0.2) is 40.5 Å². The topological polar surface area (TPSA) is 105 Å². The monoisotopic (exact) mass is 418 g/mol. The summed E-state index contributed by atoms with van der Waals surface area (Å²) >= 11 is 0. The van der Waals surface area contributed by atoms with Gasteiger partial charge in [0.05, 0.1) is 11.3 Å². The molecule has 4 rings (SSSR count). The standard InChI is InChI=1S/C24H26N4O3/c1-16-9-11-17(12-10-16)21-23(31)28(24(27-21)13-5-2-6-14-24)15-20(29)26-19-8-4-3-7-18(19)22(25)30/h3-4,7-12H,2,5-6,13-15H2,1H3,(H2,25,30)(H,26,29). The first-order valence-electron chi connectivity index (χ1n) is 10.6. The van der Waals surface area contributed by atoms with Crippen molar-refractivity contribution in [3.05, 3.63) is 65.2 Å². The van der Waals surface area contributed by atoms with Crippen molar-refractivity contribution in [1.82, 2.24) is 4.90 Å². The molecule has 2 aromatic rings. The largest absolute Gasteiger partial charge is 0.366 e. The Balaban J connectivity index is 1.59. The number of carbonyl (C=O) groups excluding carboxylic acids is 3. The van der Waals surface area contributed by atoms with Gasteiger partial charge in [0.15, 0.2) is 0 Å². The molecule has 0 atom stereocenters. The summed E-state index contributed by atoms with van der Waals surface area (Å²) in [6, 6.07) is 14.3. The SMILES string of the molecule is Cc1ccc(C2=NC3(CCCCC3)N(CC(=O)Nc3ccccc3C(N)=O)C2=O)cc1. The molecule has 7 nitrogen and oxygen atoms in total. The van der Waals surface area contributed by atoms with Gasteiger partial charge in [-0.3, -0.25) is 19.4 Å². The Labute approximate surface area is 181 Å². The fourth-order valence-electron chi connectivity index (χ4n) is 4.39. The van der Waals surface area contributed by atoms with Crippen LogP contribution >= 0.6 is 0 Å². The molecule has 2 aromatic carbocycles. The summed E-state index contributed by atoms with van der Waals surface area (Å²) in [6.07, 6.45) is 4.48. The van der Waals surface area contributed by atoms with Crippen molar-refractivity contribution in [2.24, 2.45) is 10.7 Å². The molecule has 1 aliphatic carbocycles. The number of aliphatic imine (C=N–C) groups is 1. The molecule has 3 N–H and O–H groups in total. The molecule has 1 aliphatic heterocycles. The third-order valence-electron chi connectivity index (χ3n) is 6.02. The van der Waals surface area contributed by atoms with E-state index in [0.29, 0.717) is 11.4 Å². The van der Waals surface area contributed by atoms with E-state index >= 15 is 0 Å². The predicted octanol–water partition coefficient (Wildman–Crippen LogP) is 3.02. The van der Waals surface area contributed by atoms with Crippen LogP contribution in [0, 0.1) is 6.92 Å². The maximum atomic E-state index is 13.4. The van der Waals surface area contributed by atoms with Crippen LogP contribution in [0.4, 0.5) is 5.69 Å². The number of para-hydroxylation sites is 1. The maximum Gasteiger partial charge on any atom is 0.275 e. The van der Waals surface area contributed by atoms with Gasteiger partial charge in [-0.15, -0.1) is 0 Å². The van der Waals surface area contributed by atoms with Gasteiger partial charge in [0.1, 0.15) is 17.9 Å². The average Bonchev–Trinajstić information content (AvgIpc) is 3.01. The molecular weight excluding hydrogens is 392 g/mol. The normalized spacial score (nSPS) is 17.5. The summed E-state index contributed by atoms with van der Waals surface area (Å²) < 4.78 is 0. The third kappa shape index (κ3) is 4.08. The maximum absolute atomic E-state index is 13.4. The van der Waals surface area contributed by atoms with Crippen molar-refractivity contribution in [2.45, 2.75) is 44.7 Å². The molecule has 1 saturated carbocycles. The molecule has 1 heterocycles. The summed E-state index contributed by atoms with van der Waals surface area (Å²) in [5.74, 6) is -1.24. The van der Waals surface area contributed by atoms with Gasteiger partial charge in [0.2, 0.25) is 5.91 Å². The molecule has 31 heavy (non-hydrogen) atoms. The number of hydrogen-bond donors (Lipinski definition) is 2. The quantitative estimate of drug-likeness (QED) is 0.780. The highest BCUT2D eigenvalue weighted by molar-refractivity contribution is 6.47. The lowest BCUT2D eigenvalue weighted by Gasteiger charge is -2.38. The van der Waals surface area contributed by atoms with Gasteiger partial charge < -0.3 is 16.0 Å². The van der Waals surface area contributed by atoms with Crippen LogP contribution in [0.15, 0.2) is 53.5 Å². The summed E-state index contributed by atoms with van der Waals surface area (Å²) in [7, 11) is 0. The minimum Gasteiger partial charge on any atom is -0.366 e. The highest BCUT2D eigenvalue weighted by Gasteiger charge is 2.48. The van der Waals surface area contributed by atoms with Crippen molar-refractivity contribution in [3.63, 3.8) is 0 Å². The van der Waals surface area contributed by atoms with E-state index in [0.717, 1.165) is 43.2 Å². The van der Waals surface area contributed by atoms with E-state index in [1.807, 2.05) is 31.2 Å². The van der Waals surface area contributed by atoms with Crippen molar-refractivity contribution in [2.75, 3.05) is 11.9 Å². The highest BCUT2D eigenvalue weighted by Crippen LogP contribution is 2.39. The molecule has 0 radical (unpaired) electrons. The first kappa shape index (κ1) is 20.8. The van der Waals surface area contributed by atoms with E-state index in [1.165, 1.54) is 0 Å². The third-order valence-corrected chi connectivity index (χ3v) is 6.02. The molecule has 0 unspecified atom stereocenters. The number of nitrogens with zero attached hydrogens (tertiary/aromatic N) is 2. The highest BCUT2D eigenvalue weighted by atomic mass is 16.2. The lowest BCUT2D eigenvalue weighted by molar-refractivity contribution is -0.134. The van der Waals surface area contributed by atoms with Gasteiger partial charge in [-0.05, 0) is 44.7 Å². The minimum atomic E-state index is -0.684. The molecule has 160 valence electrons. The molecule has 1 fully saturated rings. The van der Waals surface area contributed by atoms with Crippen LogP contribution in [0.1, 0.15) is 53.6 Å². The van der Waals surface area contributed by atoms with Crippen molar-refractivity contribution in [1.29, 1.82) is 0 Å². The molecule has 1 spiro atoms. The Morgan fingerprint density at radius 3 is 2.42 bits per heavy atom. The predicted molar refractivity (Wildman–Crippen MR) is 119 cm³/mol. The Kier molecular flexibility index (Phi) is 5.59. The molecule has 0 bridgehead atoms. The molecule has 3 amide bonds. The van der Waals surface area contributed by atoms with E-state index in [-0.39, 0.29) is 23.9 Å². The summed E-state index contributed by atoms with van der Waals surface area (Å²) in [5.41, 5.74) is 7.57. The van der Waals surface area contributed by atoms with Crippen LogP contribution in [0.5, 0.6) is 0 Å². The second kappa shape index (κ2) is 8.34. The van der Waals surface area contributed by atoms with Crippen LogP contribution in [0.3, 0.4) is 0 Å². The van der Waals surface area contributed by atoms with Gasteiger partial charge in [-0.25, -0.2) is 0 Å². The Morgan fingerprint density at radius 2 is 1.74 bits per heavy atom. The van der Waals surface area contributed by atoms with E-state index in [2.05, 4.69) is 5.32 Å². The molecule has 2 aliphatic rings. The number of carbonyl (C=O) groups is 3. The zero-order valence-electron chi connectivity index (χ0n) is 17.6. The summed E-state index contributed by atoms with van der Waals surface area (Å²) in [5, 5.41) is 2.74. The van der Waals surface area contributed by atoms with Gasteiger partial charge in [-0.2, -0.15) is 0 Å². The fourth-order valence-corrected chi connectivity index (χ4v) is 4.39. The first-order chi connectivity index (χ1) is 14.9. The van der Waals surface area contributed by atoms with Gasteiger partial charge in [0, 0.05) is 5.56 Å². The number of anilines is 1.